The average molecular weight is 266 g/mol. The molecule has 0 amide bonds. The maximum Gasteiger partial charge on any atom is 0.479 e. The highest BCUT2D eigenvalue weighted by Crippen LogP contribution is 2.32. The highest BCUT2D eigenvalue weighted by atomic mass is 32.2. The largest absolute Gasteiger partial charge is 0.479 e. The first kappa shape index (κ1) is 13.7. The van der Waals surface area contributed by atoms with Gasteiger partial charge in [-0.25, -0.2) is 0 Å². The first-order valence-electron chi connectivity index (χ1n) is 4.49. The van der Waals surface area contributed by atoms with Crippen LogP contribution in [0.5, 0.6) is 5.75 Å². The second-order valence-corrected chi connectivity index (χ2v) is 3.81. The molecular weight excluding hydrogens is 257 g/mol. The Labute approximate surface area is 100 Å². The number of carbonyl (C=O) groups is 1. The Balaban J connectivity index is 2.63. The Kier molecular flexibility index (Phi) is 4.68. The molecular formula is C10H9F3O3S. The summed E-state index contributed by atoms with van der Waals surface area (Å²) < 4.78 is 44.5. The van der Waals surface area contributed by atoms with Crippen molar-refractivity contribution in [1.29, 1.82) is 0 Å². The summed E-state index contributed by atoms with van der Waals surface area (Å²) >= 11 is -0.596. The zero-order valence-corrected chi connectivity index (χ0v) is 9.60. The minimum Gasteiger partial charge on any atom is -0.469 e. The van der Waals surface area contributed by atoms with Gasteiger partial charge in [0.2, 0.25) is 0 Å². The molecule has 0 bridgehead atoms. The molecule has 0 unspecified atom stereocenters. The summed E-state index contributed by atoms with van der Waals surface area (Å²) in [6.45, 7) is 0. The van der Waals surface area contributed by atoms with Crippen LogP contribution in [0.4, 0.5) is 13.2 Å². The van der Waals surface area contributed by atoms with Crippen LogP contribution in [0.2, 0.25) is 0 Å². The molecule has 0 N–H and O–H groups in total. The molecule has 3 nitrogen and oxygen atoms in total. The number of hydrogen-bond acceptors (Lipinski definition) is 4. The lowest BCUT2D eigenvalue weighted by Crippen LogP contribution is -2.05. The Morgan fingerprint density at radius 1 is 1.41 bits per heavy atom. The maximum atomic E-state index is 11.9. The van der Waals surface area contributed by atoms with Crippen molar-refractivity contribution < 1.29 is 26.9 Å². The van der Waals surface area contributed by atoms with E-state index in [0.29, 0.717) is 5.56 Å². The lowest BCUT2D eigenvalue weighted by atomic mass is 10.1. The maximum absolute atomic E-state index is 11.9. The van der Waals surface area contributed by atoms with E-state index in [4.69, 9.17) is 0 Å². The molecule has 0 fully saturated rings. The molecule has 0 aliphatic heterocycles. The van der Waals surface area contributed by atoms with Gasteiger partial charge in [0, 0.05) is 0 Å². The molecule has 0 aliphatic rings. The number of carbonyl (C=O) groups excluding carboxylic acids is 1. The zero-order valence-electron chi connectivity index (χ0n) is 8.78. The van der Waals surface area contributed by atoms with Crippen LogP contribution in [0, 0.1) is 0 Å². The first-order valence-corrected chi connectivity index (χ1v) is 5.23. The molecule has 0 heterocycles. The van der Waals surface area contributed by atoms with Gasteiger partial charge >= 0.3 is 11.5 Å². The number of alkyl halides is 3. The van der Waals surface area contributed by atoms with E-state index in [2.05, 4.69) is 8.92 Å². The number of rotatable bonds is 4. The summed E-state index contributed by atoms with van der Waals surface area (Å²) in [6, 6.07) is 5.84. The third-order valence-corrected chi connectivity index (χ3v) is 2.17. The normalized spacial score (nSPS) is 11.1. The highest BCUT2D eigenvalue weighted by Gasteiger charge is 2.31. The molecule has 1 aromatic rings. The van der Waals surface area contributed by atoms with Crippen LogP contribution in [0.3, 0.4) is 0 Å². The van der Waals surface area contributed by atoms with Crippen molar-refractivity contribution in [2.24, 2.45) is 0 Å². The molecule has 0 aromatic heterocycles. The second-order valence-electron chi connectivity index (χ2n) is 3.01. The van der Waals surface area contributed by atoms with Gasteiger partial charge in [0.1, 0.15) is 5.75 Å². The number of ether oxygens (including phenoxy) is 1. The minimum absolute atomic E-state index is 0.00954. The van der Waals surface area contributed by atoms with Crippen LogP contribution in [0.15, 0.2) is 24.3 Å². The van der Waals surface area contributed by atoms with Crippen molar-refractivity contribution in [2.75, 3.05) is 7.11 Å². The van der Waals surface area contributed by atoms with Crippen molar-refractivity contribution in [3.05, 3.63) is 29.8 Å². The van der Waals surface area contributed by atoms with Gasteiger partial charge in [0.25, 0.3) is 0 Å². The monoisotopic (exact) mass is 266 g/mol. The van der Waals surface area contributed by atoms with Crippen LogP contribution >= 0.6 is 12.0 Å². The van der Waals surface area contributed by atoms with Crippen molar-refractivity contribution in [1.82, 2.24) is 0 Å². The van der Waals surface area contributed by atoms with Crippen LogP contribution in [-0.2, 0) is 16.0 Å². The summed E-state index contributed by atoms with van der Waals surface area (Å²) in [5, 5.41) is 0. The summed E-state index contributed by atoms with van der Waals surface area (Å²) in [5.74, 6) is -0.431. The van der Waals surface area contributed by atoms with Crippen LogP contribution in [0.25, 0.3) is 0 Å². The Bertz CT molecular complexity index is 393. The van der Waals surface area contributed by atoms with Gasteiger partial charge in [0.05, 0.1) is 13.5 Å². The summed E-state index contributed by atoms with van der Waals surface area (Å²) in [5.41, 5.74) is -3.93. The van der Waals surface area contributed by atoms with E-state index in [9.17, 15) is 18.0 Å². The van der Waals surface area contributed by atoms with Gasteiger partial charge in [-0.3, -0.25) is 4.79 Å². The Hall–Kier alpha value is -1.37. The van der Waals surface area contributed by atoms with E-state index in [-0.39, 0.29) is 12.2 Å². The third-order valence-electron chi connectivity index (χ3n) is 1.71. The molecule has 0 spiro atoms. The fourth-order valence-electron chi connectivity index (χ4n) is 1.04. The SMILES string of the molecule is COC(=O)Cc1cccc(OSC(F)(F)F)c1. The van der Waals surface area contributed by atoms with Crippen LogP contribution < -0.4 is 4.18 Å². The number of esters is 1. The molecule has 0 saturated carbocycles. The molecule has 17 heavy (non-hydrogen) atoms. The van der Waals surface area contributed by atoms with E-state index >= 15 is 0 Å². The molecule has 1 rings (SSSR count). The average Bonchev–Trinajstić information content (AvgIpc) is 2.26. The summed E-state index contributed by atoms with van der Waals surface area (Å²) in [4.78, 5) is 11.0. The number of hydrogen-bond donors (Lipinski definition) is 0. The van der Waals surface area contributed by atoms with Crippen LogP contribution in [-0.4, -0.2) is 18.6 Å². The van der Waals surface area contributed by atoms with E-state index in [1.54, 1.807) is 6.07 Å². The molecule has 0 radical (unpaired) electrons. The lowest BCUT2D eigenvalue weighted by Gasteiger charge is -2.07. The third kappa shape index (κ3) is 5.48. The van der Waals surface area contributed by atoms with E-state index in [1.807, 2.05) is 0 Å². The van der Waals surface area contributed by atoms with Gasteiger partial charge in [-0.05, 0) is 17.7 Å². The Morgan fingerprint density at radius 2 is 2.12 bits per heavy atom. The molecule has 0 saturated heterocycles. The van der Waals surface area contributed by atoms with E-state index < -0.39 is 23.5 Å². The molecule has 7 heteroatoms. The van der Waals surface area contributed by atoms with Crippen molar-refractivity contribution in [3.63, 3.8) is 0 Å². The van der Waals surface area contributed by atoms with Gasteiger partial charge in [-0.1, -0.05) is 12.1 Å². The van der Waals surface area contributed by atoms with Crippen LogP contribution in [0.1, 0.15) is 5.56 Å². The number of benzene rings is 1. The first-order chi connectivity index (χ1) is 7.90. The zero-order chi connectivity index (χ0) is 12.9. The molecule has 0 atom stereocenters. The van der Waals surface area contributed by atoms with Gasteiger partial charge in [-0.15, -0.1) is 0 Å². The number of halogens is 3. The quantitative estimate of drug-likeness (QED) is 0.620. The smallest absolute Gasteiger partial charge is 0.469 e. The van der Waals surface area contributed by atoms with Crippen molar-refractivity contribution in [2.45, 2.75) is 11.9 Å². The van der Waals surface area contributed by atoms with E-state index in [0.717, 1.165) is 0 Å². The highest BCUT2D eigenvalue weighted by molar-refractivity contribution is 7.95. The Morgan fingerprint density at radius 3 is 2.71 bits per heavy atom. The predicted molar refractivity (Wildman–Crippen MR) is 56.4 cm³/mol. The lowest BCUT2D eigenvalue weighted by molar-refractivity contribution is -0.139. The van der Waals surface area contributed by atoms with Crippen molar-refractivity contribution in [3.8, 4) is 5.75 Å². The van der Waals surface area contributed by atoms with Gasteiger partial charge in [-0.2, -0.15) is 13.2 Å². The van der Waals surface area contributed by atoms with E-state index in [1.165, 1.54) is 25.3 Å². The van der Waals surface area contributed by atoms with Gasteiger partial charge < -0.3 is 8.92 Å². The fraction of sp³-hybridized carbons (Fsp3) is 0.300. The molecule has 94 valence electrons. The van der Waals surface area contributed by atoms with Gasteiger partial charge in [0.15, 0.2) is 12.0 Å². The minimum atomic E-state index is -4.46. The fourth-order valence-corrected chi connectivity index (χ4v) is 1.34. The molecule has 1 aromatic carbocycles. The number of methoxy groups -OCH3 is 1. The summed E-state index contributed by atoms with van der Waals surface area (Å²) in [7, 11) is 1.24. The standard InChI is InChI=1S/C10H9F3O3S/c1-15-9(14)6-7-3-2-4-8(5-7)16-17-10(11,12)13/h2-5H,6H2,1H3. The van der Waals surface area contributed by atoms with Crippen molar-refractivity contribution >= 4 is 18.0 Å². The second kappa shape index (κ2) is 5.81. The predicted octanol–water partition coefficient (Wildman–Crippen LogP) is 2.95. The topological polar surface area (TPSA) is 35.5 Å². The summed E-state index contributed by atoms with van der Waals surface area (Å²) in [6.07, 6.45) is -0.00954. The molecule has 0 aliphatic carbocycles.